The van der Waals surface area contributed by atoms with E-state index in [1.54, 1.807) is 19.2 Å². The van der Waals surface area contributed by atoms with Crippen molar-refractivity contribution in [3.63, 3.8) is 0 Å². The Labute approximate surface area is 153 Å². The molecule has 0 bridgehead atoms. The van der Waals surface area contributed by atoms with Crippen LogP contribution >= 0.6 is 0 Å². The maximum Gasteiger partial charge on any atom is 0.271 e. The highest BCUT2D eigenvalue weighted by atomic mass is 19.1. The number of nitrogens with zero attached hydrogens (tertiary/aromatic N) is 2. The van der Waals surface area contributed by atoms with Crippen molar-refractivity contribution in [2.24, 2.45) is 0 Å². The van der Waals surface area contributed by atoms with Gasteiger partial charge >= 0.3 is 0 Å². The van der Waals surface area contributed by atoms with E-state index in [-0.39, 0.29) is 5.82 Å². The first-order valence-corrected chi connectivity index (χ1v) is 9.16. The Morgan fingerprint density at radius 2 is 1.85 bits per heavy atom. The van der Waals surface area contributed by atoms with Gasteiger partial charge in [0.1, 0.15) is 5.82 Å². The molecule has 136 valence electrons. The van der Waals surface area contributed by atoms with Gasteiger partial charge in [-0.25, -0.2) is 13.9 Å². The van der Waals surface area contributed by atoms with Gasteiger partial charge in [-0.1, -0.05) is 12.1 Å². The molecule has 0 saturated carbocycles. The van der Waals surface area contributed by atoms with Gasteiger partial charge in [0.15, 0.2) is 18.0 Å². The molecule has 0 aromatic heterocycles. The number of methoxy groups -OCH3 is 1. The number of benzene rings is 2. The molecule has 0 amide bonds. The van der Waals surface area contributed by atoms with E-state index in [2.05, 4.69) is 9.48 Å². The van der Waals surface area contributed by atoms with Crippen LogP contribution in [0.3, 0.4) is 0 Å². The largest absolute Gasteiger partial charge is 0.492 e. The number of hydrogen-bond acceptors (Lipinski definition) is 3. The van der Waals surface area contributed by atoms with Crippen molar-refractivity contribution in [3.8, 4) is 5.75 Å². The van der Waals surface area contributed by atoms with Crippen LogP contribution in [0.1, 0.15) is 31.2 Å². The molecular weight excluding hydrogens is 331 g/mol. The molecule has 4 rings (SSSR count). The molecule has 0 aliphatic carbocycles. The molecule has 2 aromatic carbocycles. The number of ether oxygens (including phenoxy) is 1. The van der Waals surface area contributed by atoms with Gasteiger partial charge < -0.3 is 9.84 Å². The Hall–Kier alpha value is -2.40. The van der Waals surface area contributed by atoms with Gasteiger partial charge in [0.05, 0.1) is 13.7 Å². The number of para-hydroxylation sites is 2. The van der Waals surface area contributed by atoms with Gasteiger partial charge in [-0.3, -0.25) is 0 Å². The van der Waals surface area contributed by atoms with Crippen molar-refractivity contribution in [2.75, 3.05) is 25.1 Å². The summed E-state index contributed by atoms with van der Waals surface area (Å²) in [6, 6.07) is 14.1. The Morgan fingerprint density at radius 1 is 1.08 bits per heavy atom. The summed E-state index contributed by atoms with van der Waals surface area (Å²) in [7, 11) is 1.66. The first-order chi connectivity index (χ1) is 12.6. The van der Waals surface area contributed by atoms with Crippen molar-refractivity contribution in [3.05, 3.63) is 59.9 Å². The molecular formula is C21H24FN2O2+. The lowest BCUT2D eigenvalue weighted by Gasteiger charge is -2.23. The van der Waals surface area contributed by atoms with E-state index in [1.807, 2.05) is 24.3 Å². The lowest BCUT2D eigenvalue weighted by Crippen LogP contribution is -2.41. The van der Waals surface area contributed by atoms with Gasteiger partial charge in [-0.2, -0.15) is 0 Å². The average molecular weight is 355 g/mol. The van der Waals surface area contributed by atoms with Crippen LogP contribution in [0.2, 0.25) is 0 Å². The highest BCUT2D eigenvalue weighted by Gasteiger charge is 2.52. The van der Waals surface area contributed by atoms with Crippen molar-refractivity contribution in [1.82, 2.24) is 0 Å². The van der Waals surface area contributed by atoms with Gasteiger partial charge in [0.25, 0.3) is 11.6 Å². The summed E-state index contributed by atoms with van der Waals surface area (Å²) in [5, 5.41) is 11.7. The maximum atomic E-state index is 13.4. The summed E-state index contributed by atoms with van der Waals surface area (Å²) < 4.78 is 21.1. The molecule has 1 N–H and O–H groups in total. The monoisotopic (exact) mass is 355 g/mol. The average Bonchev–Trinajstić information content (AvgIpc) is 2.82. The lowest BCUT2D eigenvalue weighted by atomic mass is 10.0. The fraction of sp³-hybridized carbons (Fsp3) is 0.381. The van der Waals surface area contributed by atoms with Crippen molar-refractivity contribution in [2.45, 2.75) is 31.4 Å². The quantitative estimate of drug-likeness (QED) is 0.856. The van der Waals surface area contributed by atoms with Crippen molar-refractivity contribution in [1.29, 1.82) is 0 Å². The van der Waals surface area contributed by atoms with E-state index in [9.17, 15) is 9.50 Å². The first kappa shape index (κ1) is 17.0. The standard InChI is InChI=1S/C21H24FN2O2/c1-26-19-8-5-4-7-18(19)23-15-21(25,16-10-12-17(22)13-11-16)24-14-6-2-3-9-20(23)24/h4-5,7-8,10-13,25H,2-3,6,9,14-15H2,1H3/q+1/t21-/m1/s1. The number of β-amino-alcohol motifs (C(OH)–C–C–N with tert-alkyl or cyclic N) is 1. The molecule has 1 atom stereocenters. The molecule has 2 aliphatic heterocycles. The fourth-order valence-electron chi connectivity index (χ4n) is 4.11. The second-order valence-electron chi connectivity index (χ2n) is 6.96. The molecule has 0 radical (unpaired) electrons. The highest BCUT2D eigenvalue weighted by Crippen LogP contribution is 2.38. The van der Waals surface area contributed by atoms with Crippen LogP contribution in [0.25, 0.3) is 0 Å². The van der Waals surface area contributed by atoms with E-state index < -0.39 is 5.72 Å². The molecule has 2 aromatic rings. The Morgan fingerprint density at radius 3 is 2.62 bits per heavy atom. The van der Waals surface area contributed by atoms with Crippen LogP contribution in [0.4, 0.5) is 10.1 Å². The summed E-state index contributed by atoms with van der Waals surface area (Å²) in [5.41, 5.74) is 0.499. The molecule has 0 saturated heterocycles. The fourth-order valence-corrected chi connectivity index (χ4v) is 4.11. The molecule has 5 heteroatoms. The third-order valence-electron chi connectivity index (χ3n) is 5.41. The second kappa shape index (κ2) is 6.72. The SMILES string of the molecule is COc1ccccc1N1C[C@@](O)(c2ccc(F)cc2)[N+]2=C1CCCCC2. The van der Waals surface area contributed by atoms with Crippen LogP contribution in [0.15, 0.2) is 48.5 Å². The Bertz CT molecular complexity index is 834. The minimum atomic E-state index is -1.17. The smallest absolute Gasteiger partial charge is 0.271 e. The van der Waals surface area contributed by atoms with E-state index >= 15 is 0 Å². The number of hydrogen-bond donors (Lipinski definition) is 1. The molecule has 4 nitrogen and oxygen atoms in total. The third-order valence-corrected chi connectivity index (χ3v) is 5.41. The number of rotatable bonds is 3. The number of amidine groups is 1. The maximum absolute atomic E-state index is 13.4. The van der Waals surface area contributed by atoms with Crippen molar-refractivity contribution >= 4 is 11.5 Å². The lowest BCUT2D eigenvalue weighted by molar-refractivity contribution is -0.658. The summed E-state index contributed by atoms with van der Waals surface area (Å²) >= 11 is 0. The van der Waals surface area contributed by atoms with E-state index in [0.717, 1.165) is 55.1 Å². The number of halogens is 1. The molecule has 0 fully saturated rings. The predicted octanol–water partition coefficient (Wildman–Crippen LogP) is 3.48. The van der Waals surface area contributed by atoms with Gasteiger partial charge in [0.2, 0.25) is 0 Å². The first-order valence-electron chi connectivity index (χ1n) is 9.16. The number of anilines is 1. The zero-order valence-electron chi connectivity index (χ0n) is 15.0. The zero-order chi connectivity index (χ0) is 18.1. The van der Waals surface area contributed by atoms with Crippen LogP contribution in [-0.4, -0.2) is 35.7 Å². The van der Waals surface area contributed by atoms with Gasteiger partial charge in [0, 0.05) is 12.0 Å². The molecule has 26 heavy (non-hydrogen) atoms. The molecule has 2 aliphatic rings. The number of aliphatic hydroxyl groups is 1. The third kappa shape index (κ3) is 2.76. The normalized spacial score (nSPS) is 23.0. The van der Waals surface area contributed by atoms with E-state index in [4.69, 9.17) is 4.74 Å². The molecule has 0 unspecified atom stereocenters. The topological polar surface area (TPSA) is 35.7 Å². The zero-order valence-corrected chi connectivity index (χ0v) is 15.0. The van der Waals surface area contributed by atoms with Crippen LogP contribution in [-0.2, 0) is 5.72 Å². The van der Waals surface area contributed by atoms with Crippen molar-refractivity contribution < 1.29 is 18.8 Å². The van der Waals surface area contributed by atoms with E-state index in [1.165, 1.54) is 12.1 Å². The summed E-state index contributed by atoms with van der Waals surface area (Å²) in [5.74, 6) is 1.60. The molecule has 0 spiro atoms. The van der Waals surface area contributed by atoms with Gasteiger partial charge in [-0.05, 0) is 55.7 Å². The second-order valence-corrected chi connectivity index (χ2v) is 6.96. The van der Waals surface area contributed by atoms with Crippen LogP contribution in [0, 0.1) is 5.82 Å². The summed E-state index contributed by atoms with van der Waals surface area (Å²) in [6.07, 6.45) is 4.17. The van der Waals surface area contributed by atoms with E-state index in [0.29, 0.717) is 6.54 Å². The summed E-state index contributed by atoms with van der Waals surface area (Å²) in [4.78, 5) is 2.16. The highest BCUT2D eigenvalue weighted by molar-refractivity contribution is 5.97. The Kier molecular flexibility index (Phi) is 4.41. The minimum Gasteiger partial charge on any atom is -0.492 e. The predicted molar refractivity (Wildman–Crippen MR) is 99.2 cm³/mol. The van der Waals surface area contributed by atoms with Crippen LogP contribution < -0.4 is 9.64 Å². The van der Waals surface area contributed by atoms with Gasteiger partial charge in [-0.15, -0.1) is 0 Å². The summed E-state index contributed by atoms with van der Waals surface area (Å²) in [6.45, 7) is 1.18. The van der Waals surface area contributed by atoms with Crippen LogP contribution in [0.5, 0.6) is 5.75 Å². The Balaban J connectivity index is 1.83. The molecule has 2 heterocycles. The minimum absolute atomic E-state index is 0.294.